The van der Waals surface area contributed by atoms with E-state index in [4.69, 9.17) is 4.74 Å². The Balaban J connectivity index is 1.74. The Morgan fingerprint density at radius 2 is 2.00 bits per heavy atom. The lowest BCUT2D eigenvalue weighted by atomic mass is 9.77. The molecular weight excluding hydrogens is 270 g/mol. The summed E-state index contributed by atoms with van der Waals surface area (Å²) < 4.78 is 5.68. The zero-order valence-electron chi connectivity index (χ0n) is 12.8. The van der Waals surface area contributed by atoms with Crippen LogP contribution in [-0.2, 0) is 0 Å². The van der Waals surface area contributed by atoms with Crippen molar-refractivity contribution in [1.82, 2.24) is 0 Å². The molecule has 1 heterocycles. The number of nitrogens with one attached hydrogen (secondary N) is 1. The standard InChI is InChI=1S/C20H21NO/c1-2-22-15-11-12-19-18(13-15)16-9-6-10-17(16)20(21-19)14-7-4-3-5-8-14/h3-9,11-13,16-17,20-21H,2,10H2,1H3/t16-,17-,20-/m1/s1. The van der Waals surface area contributed by atoms with E-state index >= 15 is 0 Å². The Bertz CT molecular complexity index is 692. The number of allylic oxidation sites excluding steroid dienone is 2. The number of hydrogen-bond donors (Lipinski definition) is 1. The van der Waals surface area contributed by atoms with E-state index < -0.39 is 0 Å². The van der Waals surface area contributed by atoms with Gasteiger partial charge in [-0.25, -0.2) is 0 Å². The van der Waals surface area contributed by atoms with Crippen molar-refractivity contribution in [3.8, 4) is 5.75 Å². The molecule has 0 spiro atoms. The van der Waals surface area contributed by atoms with Gasteiger partial charge in [0.2, 0.25) is 0 Å². The molecule has 22 heavy (non-hydrogen) atoms. The minimum absolute atomic E-state index is 0.381. The summed E-state index contributed by atoms with van der Waals surface area (Å²) in [6, 6.07) is 17.6. The van der Waals surface area contributed by atoms with Crippen LogP contribution < -0.4 is 10.1 Å². The van der Waals surface area contributed by atoms with E-state index in [1.165, 1.54) is 16.8 Å². The second-order valence-electron chi connectivity index (χ2n) is 6.07. The average molecular weight is 291 g/mol. The van der Waals surface area contributed by atoms with Gasteiger partial charge in [-0.3, -0.25) is 0 Å². The van der Waals surface area contributed by atoms with Crippen LogP contribution in [0.25, 0.3) is 0 Å². The van der Waals surface area contributed by atoms with E-state index in [1.807, 2.05) is 6.92 Å². The third kappa shape index (κ3) is 2.19. The largest absolute Gasteiger partial charge is 0.494 e. The van der Waals surface area contributed by atoms with Crippen LogP contribution in [0, 0.1) is 5.92 Å². The molecular formula is C20H21NO. The summed E-state index contributed by atoms with van der Waals surface area (Å²) in [4.78, 5) is 0. The van der Waals surface area contributed by atoms with Gasteiger partial charge < -0.3 is 10.1 Å². The molecule has 2 aliphatic rings. The van der Waals surface area contributed by atoms with Crippen LogP contribution in [0.4, 0.5) is 5.69 Å². The molecule has 0 saturated heterocycles. The predicted molar refractivity (Wildman–Crippen MR) is 90.4 cm³/mol. The molecule has 3 atom stereocenters. The molecule has 1 N–H and O–H groups in total. The fraction of sp³-hybridized carbons (Fsp3) is 0.300. The monoisotopic (exact) mass is 291 g/mol. The molecule has 0 saturated carbocycles. The molecule has 0 aromatic heterocycles. The van der Waals surface area contributed by atoms with Crippen molar-refractivity contribution in [3.05, 3.63) is 71.8 Å². The van der Waals surface area contributed by atoms with Crippen LogP contribution in [0.3, 0.4) is 0 Å². The summed E-state index contributed by atoms with van der Waals surface area (Å²) in [5.74, 6) is 2.05. The maximum Gasteiger partial charge on any atom is 0.119 e. The second-order valence-corrected chi connectivity index (χ2v) is 6.07. The van der Waals surface area contributed by atoms with Crippen LogP contribution >= 0.6 is 0 Å². The SMILES string of the molecule is CCOc1ccc2c(c1)[C@@H]1C=CC[C@H]1[C@@H](c1ccccc1)N2. The lowest BCUT2D eigenvalue weighted by molar-refractivity contribution is 0.338. The van der Waals surface area contributed by atoms with Crippen molar-refractivity contribution in [2.75, 3.05) is 11.9 Å². The summed E-state index contributed by atoms with van der Waals surface area (Å²) in [5.41, 5.74) is 3.99. The molecule has 0 bridgehead atoms. The molecule has 2 aromatic carbocycles. The molecule has 2 aromatic rings. The highest BCUT2D eigenvalue weighted by atomic mass is 16.5. The van der Waals surface area contributed by atoms with Gasteiger partial charge in [-0.2, -0.15) is 0 Å². The van der Waals surface area contributed by atoms with Gasteiger partial charge >= 0.3 is 0 Å². The maximum absolute atomic E-state index is 5.68. The van der Waals surface area contributed by atoms with Crippen LogP contribution in [0.2, 0.25) is 0 Å². The summed E-state index contributed by atoms with van der Waals surface area (Å²) in [7, 11) is 0. The molecule has 0 unspecified atom stereocenters. The number of fused-ring (bicyclic) bond motifs is 3. The second kappa shape index (κ2) is 5.53. The summed E-state index contributed by atoms with van der Waals surface area (Å²) in [5, 5.41) is 3.76. The Morgan fingerprint density at radius 3 is 2.82 bits per heavy atom. The topological polar surface area (TPSA) is 21.3 Å². The van der Waals surface area contributed by atoms with E-state index in [0.717, 1.165) is 12.2 Å². The number of hydrogen-bond acceptors (Lipinski definition) is 2. The summed E-state index contributed by atoms with van der Waals surface area (Å²) >= 11 is 0. The van der Waals surface area contributed by atoms with Crippen molar-refractivity contribution >= 4 is 5.69 Å². The van der Waals surface area contributed by atoms with Crippen LogP contribution in [0.15, 0.2) is 60.7 Å². The van der Waals surface area contributed by atoms with Gasteiger partial charge in [0.15, 0.2) is 0 Å². The third-order valence-corrected chi connectivity index (χ3v) is 4.80. The first-order chi connectivity index (χ1) is 10.9. The Morgan fingerprint density at radius 1 is 1.14 bits per heavy atom. The van der Waals surface area contributed by atoms with E-state index in [2.05, 4.69) is 66.0 Å². The first-order valence-corrected chi connectivity index (χ1v) is 8.11. The fourth-order valence-corrected chi connectivity index (χ4v) is 3.82. The molecule has 2 heteroatoms. The van der Waals surface area contributed by atoms with Crippen molar-refractivity contribution in [2.24, 2.45) is 5.92 Å². The molecule has 112 valence electrons. The Labute approximate surface area is 131 Å². The normalized spacial score (nSPS) is 25.2. The average Bonchev–Trinajstić information content (AvgIpc) is 3.05. The van der Waals surface area contributed by atoms with Crippen molar-refractivity contribution in [3.63, 3.8) is 0 Å². The first-order valence-electron chi connectivity index (χ1n) is 8.11. The van der Waals surface area contributed by atoms with Gasteiger partial charge in [0, 0.05) is 11.6 Å². The smallest absolute Gasteiger partial charge is 0.119 e. The highest BCUT2D eigenvalue weighted by Gasteiger charge is 2.37. The lowest BCUT2D eigenvalue weighted by Gasteiger charge is -2.37. The van der Waals surface area contributed by atoms with Crippen LogP contribution in [-0.4, -0.2) is 6.61 Å². The van der Waals surface area contributed by atoms with Gasteiger partial charge in [0.05, 0.1) is 12.6 Å². The molecule has 1 aliphatic carbocycles. The van der Waals surface area contributed by atoms with Crippen molar-refractivity contribution < 1.29 is 4.74 Å². The minimum atomic E-state index is 0.381. The molecule has 4 rings (SSSR count). The van der Waals surface area contributed by atoms with Gasteiger partial charge in [0.1, 0.15) is 5.75 Å². The molecule has 0 fully saturated rings. The van der Waals surface area contributed by atoms with Crippen LogP contribution in [0.5, 0.6) is 5.75 Å². The zero-order valence-corrected chi connectivity index (χ0v) is 12.8. The number of ether oxygens (including phenoxy) is 1. The zero-order chi connectivity index (χ0) is 14.9. The summed E-state index contributed by atoms with van der Waals surface area (Å²) in [6.45, 7) is 2.74. The lowest BCUT2D eigenvalue weighted by Crippen LogP contribution is -2.29. The highest BCUT2D eigenvalue weighted by molar-refractivity contribution is 5.61. The number of benzene rings is 2. The van der Waals surface area contributed by atoms with Gasteiger partial charge in [-0.1, -0.05) is 42.5 Å². The third-order valence-electron chi connectivity index (χ3n) is 4.80. The van der Waals surface area contributed by atoms with Gasteiger partial charge in [-0.05, 0) is 48.6 Å². The highest BCUT2D eigenvalue weighted by Crippen LogP contribution is 2.50. The minimum Gasteiger partial charge on any atom is -0.494 e. The van der Waals surface area contributed by atoms with E-state index in [0.29, 0.717) is 24.5 Å². The van der Waals surface area contributed by atoms with E-state index in [1.54, 1.807) is 0 Å². The molecule has 1 aliphatic heterocycles. The first kappa shape index (κ1) is 13.4. The quantitative estimate of drug-likeness (QED) is 0.811. The summed E-state index contributed by atoms with van der Waals surface area (Å²) in [6.07, 6.45) is 5.83. The fourth-order valence-electron chi connectivity index (χ4n) is 3.82. The number of anilines is 1. The van der Waals surface area contributed by atoms with E-state index in [-0.39, 0.29) is 0 Å². The predicted octanol–water partition coefficient (Wildman–Crippen LogP) is 4.91. The number of rotatable bonds is 3. The Hall–Kier alpha value is -2.22. The van der Waals surface area contributed by atoms with Crippen molar-refractivity contribution in [1.29, 1.82) is 0 Å². The maximum atomic E-state index is 5.68. The molecule has 2 nitrogen and oxygen atoms in total. The van der Waals surface area contributed by atoms with Gasteiger partial charge in [0.25, 0.3) is 0 Å². The Kier molecular flexibility index (Phi) is 3.38. The molecule has 0 amide bonds. The van der Waals surface area contributed by atoms with E-state index in [9.17, 15) is 0 Å². The van der Waals surface area contributed by atoms with Gasteiger partial charge in [-0.15, -0.1) is 0 Å². The van der Waals surface area contributed by atoms with Crippen LogP contribution in [0.1, 0.15) is 36.4 Å². The molecule has 0 radical (unpaired) electrons. The van der Waals surface area contributed by atoms with Crippen molar-refractivity contribution in [2.45, 2.75) is 25.3 Å².